The van der Waals surface area contributed by atoms with E-state index in [1.165, 1.54) is 51.4 Å². The highest BCUT2D eigenvalue weighted by molar-refractivity contribution is 4.86. The van der Waals surface area contributed by atoms with Crippen molar-refractivity contribution in [2.45, 2.75) is 102 Å². The van der Waals surface area contributed by atoms with Crippen LogP contribution in [0.1, 0.15) is 90.4 Å². The van der Waals surface area contributed by atoms with E-state index in [0.717, 1.165) is 32.1 Å². The minimum absolute atomic E-state index is 0.337. The van der Waals surface area contributed by atoms with Crippen LogP contribution in [-0.4, -0.2) is 16.7 Å². The van der Waals surface area contributed by atoms with Crippen LogP contribution in [0.15, 0.2) is 0 Å². The molecule has 1 fully saturated rings. The van der Waals surface area contributed by atoms with Gasteiger partial charge in [-0.1, -0.05) is 58.3 Å². The summed E-state index contributed by atoms with van der Waals surface area (Å²) in [6, 6.07) is 0.337. The molecule has 1 saturated carbocycles. The lowest BCUT2D eigenvalue weighted by Gasteiger charge is -2.34. The molecule has 0 aliphatic heterocycles. The van der Waals surface area contributed by atoms with E-state index >= 15 is 0 Å². The molecule has 0 bridgehead atoms. The smallest absolute Gasteiger partial charge is 0.0649 e. The fourth-order valence-electron chi connectivity index (χ4n) is 3.02. The Hall–Kier alpha value is -0.0800. The molecule has 3 N–H and O–H groups in total. The summed E-state index contributed by atoms with van der Waals surface area (Å²) in [6.45, 7) is 2.26. The number of hydrogen-bond donors (Lipinski definition) is 2. The molecule has 0 amide bonds. The molecule has 0 radical (unpaired) electrons. The van der Waals surface area contributed by atoms with Gasteiger partial charge in [0.2, 0.25) is 0 Å². The van der Waals surface area contributed by atoms with Crippen LogP contribution in [-0.2, 0) is 0 Å². The molecule has 0 saturated heterocycles. The van der Waals surface area contributed by atoms with Crippen LogP contribution in [0.5, 0.6) is 0 Å². The van der Waals surface area contributed by atoms with Crippen molar-refractivity contribution in [3.8, 4) is 0 Å². The first kappa shape index (κ1) is 16.0. The van der Waals surface area contributed by atoms with Gasteiger partial charge < -0.3 is 10.8 Å². The molecule has 18 heavy (non-hydrogen) atoms. The molecule has 0 unspecified atom stereocenters. The van der Waals surface area contributed by atoms with Crippen molar-refractivity contribution in [1.82, 2.24) is 0 Å². The predicted molar refractivity (Wildman–Crippen MR) is 78.6 cm³/mol. The Morgan fingerprint density at radius 2 is 1.44 bits per heavy atom. The van der Waals surface area contributed by atoms with Crippen LogP contribution in [0.3, 0.4) is 0 Å². The van der Waals surface area contributed by atoms with Crippen LogP contribution < -0.4 is 5.73 Å². The third-order valence-corrected chi connectivity index (χ3v) is 4.46. The van der Waals surface area contributed by atoms with Gasteiger partial charge in [-0.2, -0.15) is 0 Å². The van der Waals surface area contributed by atoms with Crippen LogP contribution >= 0.6 is 0 Å². The van der Waals surface area contributed by atoms with Crippen molar-refractivity contribution >= 4 is 0 Å². The third kappa shape index (κ3) is 6.75. The zero-order valence-corrected chi connectivity index (χ0v) is 12.3. The lowest BCUT2D eigenvalue weighted by molar-refractivity contribution is -0.00990. The summed E-state index contributed by atoms with van der Waals surface area (Å²) in [5.74, 6) is 0. The molecule has 108 valence electrons. The number of aliphatic hydroxyl groups is 1. The SMILES string of the molecule is CCCCCCCCCCC1(O)CCC(N)CC1. The maximum Gasteiger partial charge on any atom is 0.0649 e. The second-order valence-electron chi connectivity index (χ2n) is 6.29. The first-order valence-corrected chi connectivity index (χ1v) is 8.14. The van der Waals surface area contributed by atoms with Gasteiger partial charge >= 0.3 is 0 Å². The molecular weight excluding hydrogens is 222 g/mol. The Kier molecular flexibility index (Phi) is 7.92. The van der Waals surface area contributed by atoms with E-state index in [2.05, 4.69) is 6.92 Å². The third-order valence-electron chi connectivity index (χ3n) is 4.46. The molecule has 0 aromatic rings. The fourth-order valence-corrected chi connectivity index (χ4v) is 3.02. The first-order chi connectivity index (χ1) is 8.66. The Labute approximate surface area is 113 Å². The number of unbranched alkanes of at least 4 members (excludes halogenated alkanes) is 7. The lowest BCUT2D eigenvalue weighted by atomic mass is 9.79. The van der Waals surface area contributed by atoms with Crippen LogP contribution in [0.2, 0.25) is 0 Å². The number of hydrogen-bond acceptors (Lipinski definition) is 2. The van der Waals surface area contributed by atoms with Crippen LogP contribution in [0, 0.1) is 0 Å². The van der Waals surface area contributed by atoms with Crippen molar-refractivity contribution in [3.63, 3.8) is 0 Å². The van der Waals surface area contributed by atoms with Gasteiger partial charge in [-0.25, -0.2) is 0 Å². The van der Waals surface area contributed by atoms with Gasteiger partial charge in [-0.05, 0) is 32.1 Å². The molecule has 0 aromatic carbocycles. The molecule has 2 heteroatoms. The number of nitrogens with two attached hydrogens (primary N) is 1. The quantitative estimate of drug-likeness (QED) is 0.608. The molecule has 0 heterocycles. The molecular formula is C16H33NO. The van der Waals surface area contributed by atoms with Gasteiger partial charge in [0.05, 0.1) is 5.60 Å². The maximum absolute atomic E-state index is 10.4. The van der Waals surface area contributed by atoms with Gasteiger partial charge in [-0.15, -0.1) is 0 Å². The average Bonchev–Trinajstić information content (AvgIpc) is 2.37. The van der Waals surface area contributed by atoms with Gasteiger partial charge in [0.1, 0.15) is 0 Å². The second-order valence-corrected chi connectivity index (χ2v) is 6.29. The summed E-state index contributed by atoms with van der Waals surface area (Å²) in [4.78, 5) is 0. The molecule has 1 rings (SSSR count). The Morgan fingerprint density at radius 1 is 0.944 bits per heavy atom. The summed E-state index contributed by atoms with van der Waals surface area (Å²) < 4.78 is 0. The highest BCUT2D eigenvalue weighted by atomic mass is 16.3. The minimum atomic E-state index is -0.377. The summed E-state index contributed by atoms with van der Waals surface area (Å²) >= 11 is 0. The molecule has 1 aliphatic rings. The predicted octanol–water partition coefficient (Wildman–Crippen LogP) is 4.15. The summed E-state index contributed by atoms with van der Waals surface area (Å²) in [7, 11) is 0. The van der Waals surface area contributed by atoms with E-state index in [9.17, 15) is 5.11 Å². The number of rotatable bonds is 9. The summed E-state index contributed by atoms with van der Waals surface area (Å²) in [6.07, 6.45) is 15.6. The molecule has 0 spiro atoms. The van der Waals surface area contributed by atoms with Crippen molar-refractivity contribution in [2.24, 2.45) is 5.73 Å². The highest BCUT2D eigenvalue weighted by Crippen LogP contribution is 2.32. The topological polar surface area (TPSA) is 46.2 Å². The molecule has 0 aromatic heterocycles. The van der Waals surface area contributed by atoms with Gasteiger partial charge in [0.25, 0.3) is 0 Å². The van der Waals surface area contributed by atoms with Crippen molar-refractivity contribution in [2.75, 3.05) is 0 Å². The zero-order valence-electron chi connectivity index (χ0n) is 12.3. The fraction of sp³-hybridized carbons (Fsp3) is 1.00. The largest absolute Gasteiger partial charge is 0.390 e. The minimum Gasteiger partial charge on any atom is -0.390 e. The van der Waals surface area contributed by atoms with Gasteiger partial charge in [0.15, 0.2) is 0 Å². The van der Waals surface area contributed by atoms with E-state index < -0.39 is 0 Å². The van der Waals surface area contributed by atoms with Gasteiger partial charge in [0, 0.05) is 6.04 Å². The van der Waals surface area contributed by atoms with E-state index in [1.54, 1.807) is 0 Å². The zero-order chi connectivity index (χ0) is 13.3. The van der Waals surface area contributed by atoms with Crippen LogP contribution in [0.25, 0.3) is 0 Å². The maximum atomic E-state index is 10.4. The van der Waals surface area contributed by atoms with Crippen molar-refractivity contribution < 1.29 is 5.11 Å². The van der Waals surface area contributed by atoms with Crippen LogP contribution in [0.4, 0.5) is 0 Å². The normalized spacial score (nSPS) is 28.5. The standard InChI is InChI=1S/C16H33NO/c1-2-3-4-5-6-7-8-9-12-16(18)13-10-15(17)11-14-16/h15,18H,2-14,17H2,1H3. The Bertz CT molecular complexity index is 197. The summed E-state index contributed by atoms with van der Waals surface area (Å²) in [5, 5.41) is 10.4. The van der Waals surface area contributed by atoms with E-state index in [4.69, 9.17) is 5.73 Å². The second kappa shape index (κ2) is 8.92. The van der Waals surface area contributed by atoms with Crippen molar-refractivity contribution in [1.29, 1.82) is 0 Å². The van der Waals surface area contributed by atoms with E-state index in [1.807, 2.05) is 0 Å². The van der Waals surface area contributed by atoms with E-state index in [-0.39, 0.29) is 5.60 Å². The molecule has 1 aliphatic carbocycles. The Balaban J connectivity index is 1.94. The molecule has 2 nitrogen and oxygen atoms in total. The lowest BCUT2D eigenvalue weighted by Crippen LogP contribution is -2.38. The monoisotopic (exact) mass is 255 g/mol. The summed E-state index contributed by atoms with van der Waals surface area (Å²) in [5.41, 5.74) is 5.50. The first-order valence-electron chi connectivity index (χ1n) is 8.14. The van der Waals surface area contributed by atoms with Crippen molar-refractivity contribution in [3.05, 3.63) is 0 Å². The molecule has 0 atom stereocenters. The average molecular weight is 255 g/mol. The van der Waals surface area contributed by atoms with Gasteiger partial charge in [-0.3, -0.25) is 0 Å². The van der Waals surface area contributed by atoms with E-state index in [0.29, 0.717) is 6.04 Å². The highest BCUT2D eigenvalue weighted by Gasteiger charge is 2.31. The Morgan fingerprint density at radius 3 is 2.00 bits per heavy atom.